The fourth-order valence-electron chi connectivity index (χ4n) is 3.42. The first kappa shape index (κ1) is 10.1. The highest BCUT2D eigenvalue weighted by Gasteiger charge is 2.23. The molecule has 1 aliphatic heterocycles. The Morgan fingerprint density at radius 3 is 2.89 bits per heavy atom. The second-order valence-electron chi connectivity index (χ2n) is 5.23. The van der Waals surface area contributed by atoms with E-state index in [-0.39, 0.29) is 5.43 Å². The van der Waals surface area contributed by atoms with Crippen LogP contribution in [-0.4, -0.2) is 4.57 Å². The third kappa shape index (κ3) is 1.26. The standard InChI is InChI=1S/C16H15NO/c18-16-10-15-12-5-2-1-4-11(12)8-9-17(15)14-7-3-6-13(14)16/h1-2,4-5,10H,3,6-9H2. The second-order valence-corrected chi connectivity index (χ2v) is 5.23. The quantitative estimate of drug-likeness (QED) is 0.690. The molecule has 0 spiro atoms. The number of hydrogen-bond acceptors (Lipinski definition) is 1. The Morgan fingerprint density at radius 1 is 1.06 bits per heavy atom. The van der Waals surface area contributed by atoms with E-state index in [4.69, 9.17) is 0 Å². The number of benzene rings is 1. The summed E-state index contributed by atoms with van der Waals surface area (Å²) in [5, 5.41) is 0. The zero-order valence-electron chi connectivity index (χ0n) is 10.3. The molecule has 0 saturated heterocycles. The number of pyridine rings is 1. The minimum absolute atomic E-state index is 0.241. The minimum atomic E-state index is 0.241. The summed E-state index contributed by atoms with van der Waals surface area (Å²) in [6.07, 6.45) is 4.25. The summed E-state index contributed by atoms with van der Waals surface area (Å²) >= 11 is 0. The molecule has 18 heavy (non-hydrogen) atoms. The molecule has 0 N–H and O–H groups in total. The first-order valence-electron chi connectivity index (χ1n) is 6.68. The van der Waals surface area contributed by atoms with Gasteiger partial charge in [-0.15, -0.1) is 0 Å². The van der Waals surface area contributed by atoms with Crippen molar-refractivity contribution in [3.63, 3.8) is 0 Å². The van der Waals surface area contributed by atoms with Crippen LogP contribution in [0.1, 0.15) is 23.2 Å². The number of hydrogen-bond donors (Lipinski definition) is 0. The molecule has 0 fully saturated rings. The highest BCUT2D eigenvalue weighted by atomic mass is 16.1. The zero-order chi connectivity index (χ0) is 12.1. The van der Waals surface area contributed by atoms with Gasteiger partial charge in [0, 0.05) is 29.4 Å². The topological polar surface area (TPSA) is 22.0 Å². The highest BCUT2D eigenvalue weighted by Crippen LogP contribution is 2.32. The van der Waals surface area contributed by atoms with Crippen LogP contribution in [0.4, 0.5) is 0 Å². The number of aromatic nitrogens is 1. The Hall–Kier alpha value is -1.83. The minimum Gasteiger partial charge on any atom is -0.344 e. The predicted molar refractivity (Wildman–Crippen MR) is 71.9 cm³/mol. The molecule has 2 heterocycles. The van der Waals surface area contributed by atoms with Gasteiger partial charge in [-0.3, -0.25) is 4.79 Å². The molecule has 0 atom stereocenters. The van der Waals surface area contributed by atoms with Gasteiger partial charge in [0.2, 0.25) is 0 Å². The van der Waals surface area contributed by atoms with Crippen molar-refractivity contribution in [2.24, 2.45) is 0 Å². The van der Waals surface area contributed by atoms with Gasteiger partial charge < -0.3 is 4.57 Å². The fraction of sp³-hybridized carbons (Fsp3) is 0.312. The molecular formula is C16H15NO. The molecule has 90 valence electrons. The van der Waals surface area contributed by atoms with Crippen LogP contribution in [0.5, 0.6) is 0 Å². The van der Waals surface area contributed by atoms with Gasteiger partial charge in [-0.05, 0) is 31.2 Å². The van der Waals surface area contributed by atoms with Gasteiger partial charge in [0.1, 0.15) is 0 Å². The Balaban J connectivity index is 2.07. The average molecular weight is 237 g/mol. The van der Waals surface area contributed by atoms with Crippen LogP contribution in [0.3, 0.4) is 0 Å². The van der Waals surface area contributed by atoms with Gasteiger partial charge in [0.25, 0.3) is 0 Å². The van der Waals surface area contributed by atoms with Crippen LogP contribution in [0.25, 0.3) is 11.3 Å². The Kier molecular flexibility index (Phi) is 2.01. The normalized spacial score (nSPS) is 16.0. The number of rotatable bonds is 0. The smallest absolute Gasteiger partial charge is 0.185 e. The molecule has 0 radical (unpaired) electrons. The molecule has 0 saturated carbocycles. The predicted octanol–water partition coefficient (Wildman–Crippen LogP) is 2.56. The average Bonchev–Trinajstić information content (AvgIpc) is 2.89. The SMILES string of the molecule is O=c1cc2n(c3c1CCC3)CCc1ccccc1-2. The van der Waals surface area contributed by atoms with E-state index >= 15 is 0 Å². The zero-order valence-corrected chi connectivity index (χ0v) is 10.3. The molecule has 2 aromatic rings. The van der Waals surface area contributed by atoms with Crippen molar-refractivity contribution in [1.29, 1.82) is 0 Å². The van der Waals surface area contributed by atoms with Crippen molar-refractivity contribution in [2.45, 2.75) is 32.2 Å². The van der Waals surface area contributed by atoms with Crippen LogP contribution < -0.4 is 5.43 Å². The van der Waals surface area contributed by atoms with Crippen molar-refractivity contribution in [3.05, 3.63) is 57.4 Å². The van der Waals surface area contributed by atoms with Crippen molar-refractivity contribution in [2.75, 3.05) is 0 Å². The summed E-state index contributed by atoms with van der Waals surface area (Å²) in [5.74, 6) is 0. The Labute approximate surface area is 106 Å². The monoisotopic (exact) mass is 237 g/mol. The third-order valence-electron chi connectivity index (χ3n) is 4.27. The third-order valence-corrected chi connectivity index (χ3v) is 4.27. The summed E-state index contributed by atoms with van der Waals surface area (Å²) < 4.78 is 2.38. The summed E-state index contributed by atoms with van der Waals surface area (Å²) in [4.78, 5) is 12.2. The second kappa shape index (κ2) is 3.58. The maximum Gasteiger partial charge on any atom is 0.185 e. The summed E-state index contributed by atoms with van der Waals surface area (Å²) in [5.41, 5.74) is 6.35. The van der Waals surface area contributed by atoms with Gasteiger partial charge in [-0.25, -0.2) is 0 Å². The van der Waals surface area contributed by atoms with E-state index in [2.05, 4.69) is 28.8 Å². The maximum atomic E-state index is 12.2. The first-order chi connectivity index (χ1) is 8.84. The molecular weight excluding hydrogens is 222 g/mol. The van der Waals surface area contributed by atoms with Crippen molar-refractivity contribution in [1.82, 2.24) is 4.57 Å². The number of aryl methyl sites for hydroxylation is 1. The van der Waals surface area contributed by atoms with E-state index in [0.29, 0.717) is 0 Å². The Morgan fingerprint density at radius 2 is 1.94 bits per heavy atom. The lowest BCUT2D eigenvalue weighted by molar-refractivity contribution is 0.646. The molecule has 2 nitrogen and oxygen atoms in total. The van der Waals surface area contributed by atoms with Crippen LogP contribution in [0.2, 0.25) is 0 Å². The van der Waals surface area contributed by atoms with E-state index in [1.54, 1.807) is 0 Å². The van der Waals surface area contributed by atoms with Gasteiger partial charge in [0.15, 0.2) is 5.43 Å². The number of nitrogens with zero attached hydrogens (tertiary/aromatic N) is 1. The summed E-state index contributed by atoms with van der Waals surface area (Å²) in [6, 6.07) is 10.3. The Bertz CT molecular complexity index is 697. The van der Waals surface area contributed by atoms with Crippen LogP contribution in [0, 0.1) is 0 Å². The summed E-state index contributed by atoms with van der Waals surface area (Å²) in [6.45, 7) is 1.02. The van der Waals surface area contributed by atoms with E-state index in [9.17, 15) is 4.79 Å². The lowest BCUT2D eigenvalue weighted by Gasteiger charge is -2.25. The van der Waals surface area contributed by atoms with Crippen LogP contribution in [0.15, 0.2) is 35.1 Å². The molecule has 1 aliphatic carbocycles. The molecule has 0 unspecified atom stereocenters. The lowest BCUT2D eigenvalue weighted by atomic mass is 9.96. The molecule has 4 rings (SSSR count). The summed E-state index contributed by atoms with van der Waals surface area (Å²) in [7, 11) is 0. The van der Waals surface area contributed by atoms with Crippen molar-refractivity contribution >= 4 is 0 Å². The van der Waals surface area contributed by atoms with Gasteiger partial charge in [0.05, 0.1) is 5.69 Å². The van der Waals surface area contributed by atoms with Gasteiger partial charge in [-0.1, -0.05) is 24.3 Å². The largest absolute Gasteiger partial charge is 0.344 e. The van der Waals surface area contributed by atoms with E-state index in [0.717, 1.165) is 43.5 Å². The molecule has 0 amide bonds. The van der Waals surface area contributed by atoms with Crippen molar-refractivity contribution < 1.29 is 0 Å². The lowest BCUT2D eigenvalue weighted by Crippen LogP contribution is -2.21. The molecule has 1 aromatic heterocycles. The first-order valence-corrected chi connectivity index (χ1v) is 6.68. The molecule has 1 aromatic carbocycles. The van der Waals surface area contributed by atoms with Crippen molar-refractivity contribution in [3.8, 4) is 11.3 Å². The highest BCUT2D eigenvalue weighted by molar-refractivity contribution is 5.66. The van der Waals surface area contributed by atoms with E-state index < -0.39 is 0 Å². The fourth-order valence-corrected chi connectivity index (χ4v) is 3.42. The van der Waals surface area contributed by atoms with E-state index in [1.165, 1.54) is 16.8 Å². The molecule has 2 heteroatoms. The van der Waals surface area contributed by atoms with Crippen LogP contribution in [-0.2, 0) is 25.8 Å². The molecule has 2 aliphatic rings. The molecule has 0 bridgehead atoms. The number of fused-ring (bicyclic) bond motifs is 5. The van der Waals surface area contributed by atoms with Crippen LogP contribution >= 0.6 is 0 Å². The van der Waals surface area contributed by atoms with Gasteiger partial charge in [-0.2, -0.15) is 0 Å². The maximum absolute atomic E-state index is 12.2. The van der Waals surface area contributed by atoms with E-state index in [1.807, 2.05) is 6.07 Å². The van der Waals surface area contributed by atoms with Gasteiger partial charge >= 0.3 is 0 Å².